The molecule has 4 fully saturated rings. The summed E-state index contributed by atoms with van der Waals surface area (Å²) in [5, 5.41) is 4.09. The van der Waals surface area contributed by atoms with Crippen molar-refractivity contribution in [2.45, 2.75) is 61.4 Å². The third-order valence-corrected chi connectivity index (χ3v) is 7.74. The topological polar surface area (TPSA) is 67.0 Å². The largest absolute Gasteiger partial charge is 0.497 e. The molecule has 4 bridgehead atoms. The number of hydrogen-bond acceptors (Lipinski definition) is 4. The number of ether oxygens (including phenoxy) is 1. The van der Waals surface area contributed by atoms with Crippen molar-refractivity contribution in [1.82, 2.24) is 15.3 Å². The number of imidazole rings is 1. The maximum atomic E-state index is 13.0. The number of rotatable bonds is 5. The molecule has 1 unspecified atom stereocenters. The standard InChI is InChI=1S/C21H27N3O2S/c1-12(27-20-22-17-4-3-16(26-2)8-18(17)23-20)19(25)24-21-9-13-5-14(10-21)7-15(6-13)11-21/h3-4,8,12-15H,5-7,9-11H2,1-2H3,(H,22,23)(H,24,25). The van der Waals surface area contributed by atoms with Gasteiger partial charge < -0.3 is 15.0 Å². The highest BCUT2D eigenvalue weighted by Crippen LogP contribution is 2.55. The molecule has 1 aromatic carbocycles. The zero-order chi connectivity index (χ0) is 18.6. The smallest absolute Gasteiger partial charge is 0.233 e. The molecule has 1 aromatic heterocycles. The number of carbonyl (C=O) groups excluding carboxylic acids is 1. The van der Waals surface area contributed by atoms with Crippen LogP contribution in [0.3, 0.4) is 0 Å². The maximum absolute atomic E-state index is 13.0. The number of nitrogens with one attached hydrogen (secondary N) is 2. The molecular weight excluding hydrogens is 358 g/mol. The van der Waals surface area contributed by atoms with E-state index in [1.807, 2.05) is 25.1 Å². The Morgan fingerprint density at radius 1 is 1.26 bits per heavy atom. The molecule has 4 aliphatic rings. The molecule has 6 heteroatoms. The number of aromatic nitrogens is 2. The van der Waals surface area contributed by atoms with Gasteiger partial charge in [0.1, 0.15) is 5.75 Å². The molecule has 27 heavy (non-hydrogen) atoms. The zero-order valence-electron chi connectivity index (χ0n) is 16.0. The quantitative estimate of drug-likeness (QED) is 0.759. The second-order valence-corrected chi connectivity index (χ2v) is 10.2. The van der Waals surface area contributed by atoms with Gasteiger partial charge in [0.2, 0.25) is 5.91 Å². The summed E-state index contributed by atoms with van der Waals surface area (Å²) in [5.74, 6) is 3.47. The van der Waals surface area contributed by atoms with Gasteiger partial charge in [0.05, 0.1) is 23.4 Å². The van der Waals surface area contributed by atoms with Crippen molar-refractivity contribution in [1.29, 1.82) is 0 Å². The summed E-state index contributed by atoms with van der Waals surface area (Å²) in [7, 11) is 1.66. The molecule has 1 heterocycles. The maximum Gasteiger partial charge on any atom is 0.233 e. The summed E-state index contributed by atoms with van der Waals surface area (Å²) >= 11 is 1.50. The molecule has 0 spiro atoms. The third-order valence-electron chi connectivity index (χ3n) is 6.75. The number of fused-ring (bicyclic) bond motifs is 1. The number of benzene rings is 1. The van der Waals surface area contributed by atoms with Crippen LogP contribution in [0, 0.1) is 17.8 Å². The van der Waals surface area contributed by atoms with Gasteiger partial charge in [-0.15, -0.1) is 0 Å². The molecule has 0 saturated heterocycles. The van der Waals surface area contributed by atoms with E-state index in [-0.39, 0.29) is 16.7 Å². The monoisotopic (exact) mass is 385 g/mol. The van der Waals surface area contributed by atoms with Gasteiger partial charge in [0.25, 0.3) is 0 Å². The van der Waals surface area contributed by atoms with E-state index in [1.54, 1.807) is 7.11 Å². The number of H-pyrrole nitrogens is 1. The van der Waals surface area contributed by atoms with Crippen LogP contribution in [0.2, 0.25) is 0 Å². The number of methoxy groups -OCH3 is 1. The van der Waals surface area contributed by atoms with Gasteiger partial charge in [0, 0.05) is 11.6 Å². The number of thioether (sulfide) groups is 1. The first-order valence-corrected chi connectivity index (χ1v) is 10.9. The van der Waals surface area contributed by atoms with E-state index >= 15 is 0 Å². The molecule has 144 valence electrons. The van der Waals surface area contributed by atoms with Crippen molar-refractivity contribution in [2.24, 2.45) is 17.8 Å². The molecule has 1 atom stereocenters. The van der Waals surface area contributed by atoms with Crippen LogP contribution >= 0.6 is 11.8 Å². The first kappa shape index (κ1) is 17.4. The van der Waals surface area contributed by atoms with E-state index in [2.05, 4.69) is 15.3 Å². The summed E-state index contributed by atoms with van der Waals surface area (Å²) < 4.78 is 5.27. The highest BCUT2D eigenvalue weighted by Gasteiger charge is 2.51. The average molecular weight is 386 g/mol. The summed E-state index contributed by atoms with van der Waals surface area (Å²) in [6, 6.07) is 5.78. The van der Waals surface area contributed by atoms with Gasteiger partial charge in [-0.25, -0.2) is 4.98 Å². The van der Waals surface area contributed by atoms with E-state index in [0.29, 0.717) is 0 Å². The molecule has 5 nitrogen and oxygen atoms in total. The van der Waals surface area contributed by atoms with E-state index in [0.717, 1.165) is 39.7 Å². The van der Waals surface area contributed by atoms with E-state index in [9.17, 15) is 4.79 Å². The van der Waals surface area contributed by atoms with E-state index in [4.69, 9.17) is 4.74 Å². The number of aromatic amines is 1. The predicted molar refractivity (Wildman–Crippen MR) is 107 cm³/mol. The Hall–Kier alpha value is -1.69. The van der Waals surface area contributed by atoms with Gasteiger partial charge in [-0.1, -0.05) is 11.8 Å². The van der Waals surface area contributed by atoms with Crippen LogP contribution in [0.25, 0.3) is 11.0 Å². The second kappa shape index (κ2) is 6.43. The van der Waals surface area contributed by atoms with Gasteiger partial charge in [0.15, 0.2) is 5.16 Å². The molecule has 2 N–H and O–H groups in total. The summed E-state index contributed by atoms with van der Waals surface area (Å²) in [6.07, 6.45) is 7.73. The van der Waals surface area contributed by atoms with Crippen LogP contribution in [0.1, 0.15) is 45.4 Å². The van der Waals surface area contributed by atoms with Crippen LogP contribution < -0.4 is 10.1 Å². The Kier molecular flexibility index (Phi) is 4.15. The Morgan fingerprint density at radius 2 is 1.93 bits per heavy atom. The fourth-order valence-corrected chi connectivity index (χ4v) is 6.82. The van der Waals surface area contributed by atoms with Gasteiger partial charge in [-0.2, -0.15) is 0 Å². The number of nitrogens with zero attached hydrogens (tertiary/aromatic N) is 1. The van der Waals surface area contributed by atoms with Crippen LogP contribution in [0.15, 0.2) is 23.4 Å². The first-order valence-electron chi connectivity index (χ1n) is 10.0. The second-order valence-electron chi connectivity index (χ2n) is 8.87. The minimum absolute atomic E-state index is 0.0713. The van der Waals surface area contributed by atoms with Crippen molar-refractivity contribution in [3.05, 3.63) is 18.2 Å². The van der Waals surface area contributed by atoms with Gasteiger partial charge in [-0.3, -0.25) is 4.79 Å². The van der Waals surface area contributed by atoms with Gasteiger partial charge >= 0.3 is 0 Å². The Morgan fingerprint density at radius 3 is 2.56 bits per heavy atom. The zero-order valence-corrected chi connectivity index (χ0v) is 16.8. The Labute approximate surface area is 164 Å². The van der Waals surface area contributed by atoms with E-state index in [1.165, 1.54) is 50.3 Å². The fraction of sp³-hybridized carbons (Fsp3) is 0.619. The minimum Gasteiger partial charge on any atom is -0.497 e. The first-order chi connectivity index (χ1) is 13.0. The molecule has 2 aromatic rings. The lowest BCUT2D eigenvalue weighted by molar-refractivity contribution is -0.126. The SMILES string of the molecule is COc1ccc2nc(SC(C)C(=O)NC34CC5CC(CC(C5)C3)C4)[nH]c2c1. The van der Waals surface area contributed by atoms with Crippen molar-refractivity contribution in [3.63, 3.8) is 0 Å². The predicted octanol–water partition coefficient (Wildman–Crippen LogP) is 4.14. The molecule has 0 radical (unpaired) electrons. The van der Waals surface area contributed by atoms with Crippen molar-refractivity contribution in [3.8, 4) is 5.75 Å². The lowest BCUT2D eigenvalue weighted by Crippen LogP contribution is -2.60. The van der Waals surface area contributed by atoms with Crippen LogP contribution in [0.4, 0.5) is 0 Å². The minimum atomic E-state index is -0.166. The fourth-order valence-electron chi connectivity index (χ4n) is 6.00. The average Bonchev–Trinajstić information content (AvgIpc) is 3.01. The number of hydrogen-bond donors (Lipinski definition) is 2. The van der Waals surface area contributed by atoms with Crippen LogP contribution in [-0.2, 0) is 4.79 Å². The highest BCUT2D eigenvalue weighted by atomic mass is 32.2. The lowest BCUT2D eigenvalue weighted by atomic mass is 9.53. The van der Waals surface area contributed by atoms with Crippen LogP contribution in [0.5, 0.6) is 5.75 Å². The molecule has 0 aliphatic heterocycles. The molecule has 1 amide bonds. The summed E-state index contributed by atoms with van der Waals surface area (Å²) in [4.78, 5) is 20.9. The normalized spacial score (nSPS) is 32.6. The Bertz CT molecular complexity index is 842. The summed E-state index contributed by atoms with van der Waals surface area (Å²) in [6.45, 7) is 1.98. The van der Waals surface area contributed by atoms with E-state index < -0.39 is 0 Å². The molecule has 4 saturated carbocycles. The van der Waals surface area contributed by atoms with Crippen molar-refractivity contribution >= 4 is 28.7 Å². The van der Waals surface area contributed by atoms with Crippen molar-refractivity contribution < 1.29 is 9.53 Å². The molecule has 4 aliphatic carbocycles. The lowest BCUT2D eigenvalue weighted by Gasteiger charge is -2.57. The highest BCUT2D eigenvalue weighted by molar-refractivity contribution is 8.00. The number of carbonyl (C=O) groups is 1. The van der Waals surface area contributed by atoms with Crippen LogP contribution in [-0.4, -0.2) is 33.8 Å². The van der Waals surface area contributed by atoms with Gasteiger partial charge in [-0.05, 0) is 75.3 Å². The summed E-state index contributed by atoms with van der Waals surface area (Å²) in [5.41, 5.74) is 1.90. The molecule has 6 rings (SSSR count). The van der Waals surface area contributed by atoms with Crippen molar-refractivity contribution in [2.75, 3.05) is 7.11 Å². The molecular formula is C21H27N3O2S. The number of amides is 1. The Balaban J connectivity index is 1.27. The third kappa shape index (κ3) is 3.22.